The third-order valence-electron chi connectivity index (χ3n) is 5.52. The van der Waals surface area contributed by atoms with Crippen molar-refractivity contribution in [2.24, 2.45) is 0 Å². The Balaban J connectivity index is 1.54. The number of hydrogen-bond acceptors (Lipinski definition) is 4. The van der Waals surface area contributed by atoms with Crippen LogP contribution in [0.2, 0.25) is 0 Å². The van der Waals surface area contributed by atoms with Crippen LogP contribution in [0.4, 0.5) is 5.69 Å². The molecule has 0 fully saturated rings. The molecular formula is C23H24N4O3. The zero-order chi connectivity index (χ0) is 21.3. The van der Waals surface area contributed by atoms with E-state index in [9.17, 15) is 14.4 Å². The van der Waals surface area contributed by atoms with Gasteiger partial charge in [0.25, 0.3) is 17.4 Å². The minimum atomic E-state index is -0.290. The molecule has 2 heterocycles. The van der Waals surface area contributed by atoms with Crippen molar-refractivity contribution in [1.82, 2.24) is 14.5 Å². The summed E-state index contributed by atoms with van der Waals surface area (Å²) in [4.78, 5) is 44.0. The summed E-state index contributed by atoms with van der Waals surface area (Å²) in [5, 5.41) is 3.36. The van der Waals surface area contributed by atoms with Crippen molar-refractivity contribution in [3.8, 4) is 0 Å². The zero-order valence-electron chi connectivity index (χ0n) is 17.1. The molecule has 2 aromatic carbocycles. The van der Waals surface area contributed by atoms with E-state index in [1.54, 1.807) is 51.9 Å². The average molecular weight is 404 g/mol. The van der Waals surface area contributed by atoms with Gasteiger partial charge in [-0.15, -0.1) is 0 Å². The fourth-order valence-corrected chi connectivity index (χ4v) is 3.82. The third kappa shape index (κ3) is 3.58. The summed E-state index contributed by atoms with van der Waals surface area (Å²) in [5.74, 6) is 0.456. The van der Waals surface area contributed by atoms with E-state index in [0.717, 1.165) is 18.7 Å². The van der Waals surface area contributed by atoms with Crippen LogP contribution in [0.5, 0.6) is 0 Å². The Labute approximate surface area is 174 Å². The lowest BCUT2D eigenvalue weighted by Gasteiger charge is -2.18. The molecule has 0 atom stereocenters. The molecule has 2 amide bonds. The maximum absolute atomic E-state index is 12.7. The first kappa shape index (κ1) is 19.8. The fraction of sp³-hybridized carbons (Fsp3) is 0.304. The molecule has 0 saturated heterocycles. The first-order valence-electron chi connectivity index (χ1n) is 10.3. The Morgan fingerprint density at radius 2 is 1.77 bits per heavy atom. The van der Waals surface area contributed by atoms with Gasteiger partial charge in [-0.2, -0.15) is 0 Å². The number of carbonyl (C=O) groups is 2. The standard InChI is InChI=1S/C23H24N4O3/c1-3-26(4-2)22(29)15-7-10-17(11-8-15)24-21(28)16-9-12-18-19(14-16)25-20-6-5-13-27(20)23(18)30/h7-12,14H,3-6,13H2,1-2H3,(H,24,28). The SMILES string of the molecule is CCN(CC)C(=O)c1ccc(NC(=O)c2ccc3c(=O)n4c(nc3c2)CCC4)cc1. The van der Waals surface area contributed by atoms with Gasteiger partial charge >= 0.3 is 0 Å². The molecule has 4 rings (SSSR count). The van der Waals surface area contributed by atoms with Crippen LogP contribution in [0, 0.1) is 0 Å². The molecule has 1 N–H and O–H groups in total. The zero-order valence-corrected chi connectivity index (χ0v) is 17.1. The predicted octanol–water partition coefficient (Wildman–Crippen LogP) is 3.08. The summed E-state index contributed by atoms with van der Waals surface area (Å²) in [6.07, 6.45) is 1.69. The van der Waals surface area contributed by atoms with E-state index in [4.69, 9.17) is 0 Å². The molecular weight excluding hydrogens is 380 g/mol. The van der Waals surface area contributed by atoms with Crippen LogP contribution in [-0.4, -0.2) is 39.4 Å². The topological polar surface area (TPSA) is 84.3 Å². The molecule has 1 aliphatic heterocycles. The molecule has 30 heavy (non-hydrogen) atoms. The molecule has 0 unspecified atom stereocenters. The van der Waals surface area contributed by atoms with Crippen molar-refractivity contribution in [3.05, 3.63) is 69.8 Å². The Morgan fingerprint density at radius 1 is 1.07 bits per heavy atom. The second kappa shape index (κ2) is 8.10. The van der Waals surface area contributed by atoms with Gasteiger partial charge in [0.1, 0.15) is 5.82 Å². The molecule has 7 nitrogen and oxygen atoms in total. The fourth-order valence-electron chi connectivity index (χ4n) is 3.82. The van der Waals surface area contributed by atoms with Gasteiger partial charge in [-0.05, 0) is 62.7 Å². The van der Waals surface area contributed by atoms with Crippen molar-refractivity contribution < 1.29 is 9.59 Å². The molecule has 0 radical (unpaired) electrons. The summed E-state index contributed by atoms with van der Waals surface area (Å²) < 4.78 is 1.71. The van der Waals surface area contributed by atoms with Crippen molar-refractivity contribution >= 4 is 28.4 Å². The minimum Gasteiger partial charge on any atom is -0.339 e. The molecule has 0 bridgehead atoms. The van der Waals surface area contributed by atoms with Gasteiger partial charge in [0.05, 0.1) is 10.9 Å². The summed E-state index contributed by atoms with van der Waals surface area (Å²) in [6, 6.07) is 11.8. The molecule has 3 aromatic rings. The number of rotatable bonds is 5. The van der Waals surface area contributed by atoms with Gasteiger partial charge in [0.15, 0.2) is 0 Å². The van der Waals surface area contributed by atoms with Gasteiger partial charge in [-0.3, -0.25) is 19.0 Å². The Hall–Kier alpha value is -3.48. The Kier molecular flexibility index (Phi) is 5.35. The maximum Gasteiger partial charge on any atom is 0.261 e. The van der Waals surface area contributed by atoms with Gasteiger partial charge in [-0.1, -0.05) is 0 Å². The van der Waals surface area contributed by atoms with Gasteiger partial charge in [0.2, 0.25) is 0 Å². The van der Waals surface area contributed by atoms with E-state index in [1.165, 1.54) is 0 Å². The summed E-state index contributed by atoms with van der Waals surface area (Å²) >= 11 is 0. The predicted molar refractivity (Wildman–Crippen MR) is 116 cm³/mol. The van der Waals surface area contributed by atoms with E-state index in [-0.39, 0.29) is 17.4 Å². The minimum absolute atomic E-state index is 0.0303. The number of anilines is 1. The highest BCUT2D eigenvalue weighted by atomic mass is 16.2. The number of aryl methyl sites for hydroxylation is 1. The van der Waals surface area contributed by atoms with Crippen molar-refractivity contribution in [3.63, 3.8) is 0 Å². The number of fused-ring (bicyclic) bond motifs is 2. The van der Waals surface area contributed by atoms with Crippen LogP contribution in [0.25, 0.3) is 10.9 Å². The number of hydrogen-bond donors (Lipinski definition) is 1. The number of amides is 2. The number of nitrogens with one attached hydrogen (secondary N) is 1. The van der Waals surface area contributed by atoms with Crippen LogP contribution < -0.4 is 10.9 Å². The smallest absolute Gasteiger partial charge is 0.261 e. The van der Waals surface area contributed by atoms with E-state index < -0.39 is 0 Å². The maximum atomic E-state index is 12.7. The largest absolute Gasteiger partial charge is 0.339 e. The van der Waals surface area contributed by atoms with Crippen LogP contribution in [0.1, 0.15) is 46.8 Å². The number of carbonyl (C=O) groups excluding carboxylic acids is 2. The molecule has 0 aliphatic carbocycles. The summed E-state index contributed by atoms with van der Waals surface area (Å²) in [5.41, 5.74) is 2.11. The van der Waals surface area contributed by atoms with Crippen LogP contribution in [0.15, 0.2) is 47.3 Å². The van der Waals surface area contributed by atoms with Crippen molar-refractivity contribution in [2.45, 2.75) is 33.2 Å². The van der Waals surface area contributed by atoms with Crippen LogP contribution in [-0.2, 0) is 13.0 Å². The first-order chi connectivity index (χ1) is 14.5. The van der Waals surface area contributed by atoms with E-state index in [0.29, 0.717) is 47.4 Å². The van der Waals surface area contributed by atoms with Crippen LogP contribution in [0.3, 0.4) is 0 Å². The number of benzene rings is 2. The monoisotopic (exact) mass is 404 g/mol. The molecule has 1 aromatic heterocycles. The lowest BCUT2D eigenvalue weighted by molar-refractivity contribution is 0.0773. The normalized spacial score (nSPS) is 12.6. The second-order valence-corrected chi connectivity index (χ2v) is 7.33. The highest BCUT2D eigenvalue weighted by Gasteiger charge is 2.17. The number of aromatic nitrogens is 2. The Morgan fingerprint density at radius 3 is 2.47 bits per heavy atom. The quantitative estimate of drug-likeness (QED) is 0.708. The van der Waals surface area contributed by atoms with E-state index in [1.807, 2.05) is 13.8 Å². The highest BCUT2D eigenvalue weighted by Crippen LogP contribution is 2.18. The summed E-state index contributed by atoms with van der Waals surface area (Å²) in [7, 11) is 0. The Bertz CT molecular complexity index is 1180. The van der Waals surface area contributed by atoms with Crippen molar-refractivity contribution in [1.29, 1.82) is 0 Å². The second-order valence-electron chi connectivity index (χ2n) is 7.33. The lowest BCUT2D eigenvalue weighted by Crippen LogP contribution is -2.30. The molecule has 154 valence electrons. The van der Waals surface area contributed by atoms with Crippen molar-refractivity contribution in [2.75, 3.05) is 18.4 Å². The highest BCUT2D eigenvalue weighted by molar-refractivity contribution is 6.06. The molecule has 0 spiro atoms. The van der Waals surface area contributed by atoms with Gasteiger partial charge < -0.3 is 10.2 Å². The first-order valence-corrected chi connectivity index (χ1v) is 10.3. The van der Waals surface area contributed by atoms with Gasteiger partial charge in [-0.25, -0.2) is 4.98 Å². The van der Waals surface area contributed by atoms with E-state index >= 15 is 0 Å². The average Bonchev–Trinajstić information content (AvgIpc) is 3.23. The van der Waals surface area contributed by atoms with Gasteiger partial charge in [0, 0.05) is 42.9 Å². The number of nitrogens with zero attached hydrogens (tertiary/aromatic N) is 3. The summed E-state index contributed by atoms with van der Waals surface area (Å²) in [6.45, 7) is 5.88. The third-order valence-corrected chi connectivity index (χ3v) is 5.52. The van der Waals surface area contributed by atoms with Crippen LogP contribution >= 0.6 is 0 Å². The molecule has 0 saturated carbocycles. The molecule has 1 aliphatic rings. The lowest BCUT2D eigenvalue weighted by atomic mass is 10.1. The molecule has 7 heteroatoms. The van der Waals surface area contributed by atoms with E-state index in [2.05, 4.69) is 10.3 Å².